The maximum Gasteiger partial charge on any atom is 0.164 e. The summed E-state index contributed by atoms with van der Waals surface area (Å²) >= 11 is 0. The minimum absolute atomic E-state index is 0.289. The second kappa shape index (κ2) is 10.3. The molecule has 1 saturated carbocycles. The fraction of sp³-hybridized carbons (Fsp3) is 0.379. The maximum absolute atomic E-state index is 6.42. The van der Waals surface area contributed by atoms with Gasteiger partial charge in [-0.05, 0) is 43.4 Å². The molecule has 0 spiro atoms. The Bertz CT molecular complexity index is 1580. The van der Waals surface area contributed by atoms with Crippen LogP contribution in [-0.2, 0) is 11.3 Å². The molecule has 39 heavy (non-hydrogen) atoms. The van der Waals surface area contributed by atoms with E-state index in [1.165, 1.54) is 5.56 Å². The lowest BCUT2D eigenvalue weighted by Crippen LogP contribution is -2.45. The van der Waals surface area contributed by atoms with Crippen molar-refractivity contribution in [3.8, 4) is 11.3 Å². The average Bonchev–Trinajstić information content (AvgIpc) is 3.59. The molecule has 2 fully saturated rings. The molecule has 1 saturated heterocycles. The number of nitrogens with zero attached hydrogens (tertiary/aromatic N) is 6. The van der Waals surface area contributed by atoms with Crippen molar-refractivity contribution in [1.29, 1.82) is 0 Å². The molecule has 200 valence electrons. The van der Waals surface area contributed by atoms with Gasteiger partial charge in [0.1, 0.15) is 17.8 Å². The molecular weight excluding hydrogens is 490 g/mol. The van der Waals surface area contributed by atoms with E-state index >= 15 is 0 Å². The first-order chi connectivity index (χ1) is 19.2. The van der Waals surface area contributed by atoms with Crippen LogP contribution >= 0.6 is 0 Å². The van der Waals surface area contributed by atoms with Crippen LogP contribution in [0.4, 0.5) is 11.6 Å². The molecule has 10 nitrogen and oxygen atoms in total. The van der Waals surface area contributed by atoms with Gasteiger partial charge < -0.3 is 15.8 Å². The van der Waals surface area contributed by atoms with E-state index in [0.717, 1.165) is 91.0 Å². The number of nitrogen functional groups attached to an aromatic ring is 1. The maximum atomic E-state index is 6.42. The zero-order valence-electron chi connectivity index (χ0n) is 21.9. The van der Waals surface area contributed by atoms with Crippen molar-refractivity contribution in [1.82, 2.24) is 34.8 Å². The van der Waals surface area contributed by atoms with Crippen LogP contribution in [0, 0.1) is 0 Å². The van der Waals surface area contributed by atoms with E-state index in [1.807, 2.05) is 18.2 Å². The van der Waals surface area contributed by atoms with Crippen molar-refractivity contribution in [2.24, 2.45) is 0 Å². The van der Waals surface area contributed by atoms with E-state index in [1.54, 1.807) is 6.33 Å². The van der Waals surface area contributed by atoms with E-state index in [0.29, 0.717) is 18.4 Å². The highest BCUT2D eigenvalue weighted by atomic mass is 16.5. The second-order valence-corrected chi connectivity index (χ2v) is 10.5. The minimum atomic E-state index is 0.289. The number of morpholine rings is 1. The number of aromatic amines is 1. The number of aromatic nitrogens is 6. The first kappa shape index (κ1) is 24.1. The summed E-state index contributed by atoms with van der Waals surface area (Å²) in [6.45, 7) is 4.46. The van der Waals surface area contributed by atoms with E-state index < -0.39 is 0 Å². The molecule has 4 N–H and O–H groups in total. The lowest BCUT2D eigenvalue weighted by Gasteiger charge is -2.38. The van der Waals surface area contributed by atoms with Crippen LogP contribution in [0.5, 0.6) is 0 Å². The number of hydrogen-bond acceptors (Lipinski definition) is 8. The van der Waals surface area contributed by atoms with Crippen LogP contribution in [0.3, 0.4) is 0 Å². The van der Waals surface area contributed by atoms with Crippen LogP contribution in [0.2, 0.25) is 0 Å². The molecule has 0 atom stereocenters. The van der Waals surface area contributed by atoms with Gasteiger partial charge in [-0.3, -0.25) is 10.00 Å². The molecule has 10 heteroatoms. The quantitative estimate of drug-likeness (QED) is 0.300. The molecular formula is C29H33N9O. The Kier molecular flexibility index (Phi) is 6.34. The summed E-state index contributed by atoms with van der Waals surface area (Å²) in [7, 11) is 0. The van der Waals surface area contributed by atoms with Crippen molar-refractivity contribution < 1.29 is 4.74 Å². The monoisotopic (exact) mass is 523 g/mol. The molecule has 2 aliphatic rings. The Labute approximate surface area is 226 Å². The van der Waals surface area contributed by atoms with Crippen LogP contribution in [-0.4, -0.2) is 67.2 Å². The lowest BCUT2D eigenvalue weighted by atomic mass is 9.90. The van der Waals surface area contributed by atoms with Crippen molar-refractivity contribution in [2.45, 2.75) is 44.3 Å². The predicted octanol–water partition coefficient (Wildman–Crippen LogP) is 4.38. The van der Waals surface area contributed by atoms with Gasteiger partial charge in [-0.15, -0.1) is 0 Å². The highest BCUT2D eigenvalue weighted by molar-refractivity contribution is 6.01. The molecule has 0 unspecified atom stereocenters. The summed E-state index contributed by atoms with van der Waals surface area (Å²) in [5, 5.41) is 18.1. The van der Waals surface area contributed by atoms with E-state index in [9.17, 15) is 0 Å². The standard InChI is InChI=1S/C29H33N9O/c30-27-25-26(20-6-11-23-24(16-20)34-35-28(23)31-17-19-4-2-1-3-5-19)36-38(29(25)33-18-32-27)22-9-7-21(8-10-22)37-12-14-39-15-13-37/h1-6,11,16,18,21-22H,7-10,12-15,17H2,(H2,30,32,33)(H2,31,34,35)/t21-,22-. The number of H-pyrrole nitrogens is 1. The minimum Gasteiger partial charge on any atom is -0.383 e. The highest BCUT2D eigenvalue weighted by Gasteiger charge is 2.30. The Morgan fingerprint density at radius 3 is 2.59 bits per heavy atom. The number of ether oxygens (including phenoxy) is 1. The van der Waals surface area contributed by atoms with Gasteiger partial charge in [0.2, 0.25) is 0 Å². The Balaban J connectivity index is 1.16. The summed E-state index contributed by atoms with van der Waals surface area (Å²) in [6.07, 6.45) is 5.99. The molecule has 0 bridgehead atoms. The molecule has 3 aromatic heterocycles. The van der Waals surface area contributed by atoms with Gasteiger partial charge in [0.05, 0.1) is 30.2 Å². The Hall–Kier alpha value is -4.02. The first-order valence-corrected chi connectivity index (χ1v) is 13.8. The highest BCUT2D eigenvalue weighted by Crippen LogP contribution is 2.38. The Morgan fingerprint density at radius 2 is 1.77 bits per heavy atom. The van der Waals surface area contributed by atoms with Gasteiger partial charge >= 0.3 is 0 Å². The lowest BCUT2D eigenvalue weighted by molar-refractivity contribution is 0.00520. The zero-order chi connectivity index (χ0) is 26.2. The van der Waals surface area contributed by atoms with E-state index in [4.69, 9.17) is 15.6 Å². The fourth-order valence-corrected chi connectivity index (χ4v) is 6.15. The van der Waals surface area contributed by atoms with Gasteiger partial charge in [-0.25, -0.2) is 14.6 Å². The molecule has 4 heterocycles. The molecule has 7 rings (SSSR count). The topological polar surface area (TPSA) is 123 Å². The summed E-state index contributed by atoms with van der Waals surface area (Å²) in [5.41, 5.74) is 11.1. The van der Waals surface area contributed by atoms with Gasteiger partial charge in [0, 0.05) is 36.6 Å². The number of nitrogens with two attached hydrogens (primary N) is 1. The molecule has 5 aromatic rings. The van der Waals surface area contributed by atoms with Crippen molar-refractivity contribution >= 4 is 33.6 Å². The number of nitrogens with one attached hydrogen (secondary N) is 2. The van der Waals surface area contributed by atoms with Gasteiger partial charge in [0.15, 0.2) is 11.5 Å². The van der Waals surface area contributed by atoms with Crippen LogP contribution in [0.25, 0.3) is 33.2 Å². The smallest absolute Gasteiger partial charge is 0.164 e. The third kappa shape index (κ3) is 4.59. The average molecular weight is 524 g/mol. The Morgan fingerprint density at radius 1 is 0.974 bits per heavy atom. The number of benzene rings is 2. The van der Waals surface area contributed by atoms with E-state index in [-0.39, 0.29) is 6.04 Å². The normalized spacial score (nSPS) is 20.5. The predicted molar refractivity (Wildman–Crippen MR) is 152 cm³/mol. The summed E-state index contributed by atoms with van der Waals surface area (Å²) in [4.78, 5) is 11.5. The van der Waals surface area contributed by atoms with Crippen molar-refractivity contribution in [2.75, 3.05) is 37.4 Å². The van der Waals surface area contributed by atoms with Crippen molar-refractivity contribution in [3.05, 3.63) is 60.4 Å². The molecule has 0 amide bonds. The SMILES string of the molecule is Nc1ncnc2c1c(-c1ccc3c(NCc4ccccc4)n[nH]c3c1)nn2[C@H]1CC[C@H](N2CCOCC2)CC1. The summed E-state index contributed by atoms with van der Waals surface area (Å²) in [6, 6.07) is 17.5. The second-order valence-electron chi connectivity index (χ2n) is 10.5. The zero-order valence-corrected chi connectivity index (χ0v) is 21.9. The summed E-state index contributed by atoms with van der Waals surface area (Å²) in [5.74, 6) is 1.29. The molecule has 0 radical (unpaired) electrons. The first-order valence-electron chi connectivity index (χ1n) is 13.8. The van der Waals surface area contributed by atoms with E-state index in [2.05, 4.69) is 65.4 Å². The number of rotatable bonds is 6. The third-order valence-electron chi connectivity index (χ3n) is 8.23. The van der Waals surface area contributed by atoms with Crippen molar-refractivity contribution in [3.63, 3.8) is 0 Å². The third-order valence-corrected chi connectivity index (χ3v) is 8.23. The largest absolute Gasteiger partial charge is 0.383 e. The van der Waals surface area contributed by atoms with Gasteiger partial charge in [-0.2, -0.15) is 10.2 Å². The van der Waals surface area contributed by atoms with Crippen LogP contribution in [0.15, 0.2) is 54.9 Å². The van der Waals surface area contributed by atoms with Crippen LogP contribution < -0.4 is 11.1 Å². The van der Waals surface area contributed by atoms with Gasteiger partial charge in [-0.1, -0.05) is 36.4 Å². The number of fused-ring (bicyclic) bond motifs is 2. The molecule has 1 aliphatic carbocycles. The number of hydrogen-bond donors (Lipinski definition) is 3. The molecule has 1 aliphatic heterocycles. The fourth-order valence-electron chi connectivity index (χ4n) is 6.15. The molecule has 2 aromatic carbocycles. The number of anilines is 2. The van der Waals surface area contributed by atoms with Crippen LogP contribution in [0.1, 0.15) is 37.3 Å². The van der Waals surface area contributed by atoms with Gasteiger partial charge in [0.25, 0.3) is 0 Å². The summed E-state index contributed by atoms with van der Waals surface area (Å²) < 4.78 is 7.65.